The number of aromatic amines is 1. The molecule has 0 spiro atoms. The Labute approximate surface area is 149 Å². The molecule has 3 aromatic heterocycles. The third-order valence-electron chi connectivity index (χ3n) is 4.35. The van der Waals surface area contributed by atoms with E-state index in [1.807, 2.05) is 51.1 Å². The van der Waals surface area contributed by atoms with E-state index < -0.39 is 0 Å². The summed E-state index contributed by atoms with van der Waals surface area (Å²) in [5.41, 5.74) is 3.99. The first kappa shape index (κ1) is 16.3. The fourth-order valence-electron chi connectivity index (χ4n) is 3.06. The highest BCUT2D eigenvalue weighted by Gasteiger charge is 2.22. The molecule has 132 valence electrons. The van der Waals surface area contributed by atoms with Gasteiger partial charge in [0.05, 0.1) is 5.69 Å². The summed E-state index contributed by atoms with van der Waals surface area (Å²) >= 11 is 0. The molecule has 4 rings (SSSR count). The lowest BCUT2D eigenvalue weighted by atomic mass is 10.1. The molecule has 0 fully saturated rings. The van der Waals surface area contributed by atoms with Crippen LogP contribution in [0, 0.1) is 13.8 Å². The van der Waals surface area contributed by atoms with Crippen LogP contribution in [-0.2, 0) is 0 Å². The number of hydrogen-bond acceptors (Lipinski definition) is 5. The highest BCUT2D eigenvalue weighted by Crippen LogP contribution is 2.28. The number of H-pyrrole nitrogens is 1. The summed E-state index contributed by atoms with van der Waals surface area (Å²) in [7, 11) is 0. The lowest BCUT2D eigenvalue weighted by molar-refractivity contribution is 0.480. The van der Waals surface area contributed by atoms with Gasteiger partial charge in [0.25, 0.3) is 11.4 Å². The van der Waals surface area contributed by atoms with E-state index in [1.165, 1.54) is 4.52 Å². The summed E-state index contributed by atoms with van der Waals surface area (Å²) in [6.45, 7) is 7.62. The zero-order valence-corrected chi connectivity index (χ0v) is 15.1. The number of hydrogen-bond donors (Lipinski definition) is 1. The molecule has 1 N–H and O–H groups in total. The summed E-state index contributed by atoms with van der Waals surface area (Å²) in [6.07, 6.45) is 0. The first-order valence-corrected chi connectivity index (χ1v) is 8.48. The third-order valence-corrected chi connectivity index (χ3v) is 4.35. The molecule has 0 unspecified atom stereocenters. The van der Waals surface area contributed by atoms with Gasteiger partial charge in [0.1, 0.15) is 5.56 Å². The molecule has 7 heteroatoms. The average Bonchev–Trinajstić information content (AvgIpc) is 3.21. The number of fused-ring (bicyclic) bond motifs is 1. The van der Waals surface area contributed by atoms with E-state index >= 15 is 0 Å². The summed E-state index contributed by atoms with van der Waals surface area (Å²) in [4.78, 5) is 17.8. The lowest BCUT2D eigenvalue weighted by Crippen LogP contribution is -2.19. The molecule has 0 saturated heterocycles. The molecule has 0 radical (unpaired) electrons. The summed E-state index contributed by atoms with van der Waals surface area (Å²) < 4.78 is 7.12. The highest BCUT2D eigenvalue weighted by atomic mass is 16.4. The first-order valence-electron chi connectivity index (χ1n) is 8.48. The van der Waals surface area contributed by atoms with Crippen molar-refractivity contribution in [1.29, 1.82) is 0 Å². The van der Waals surface area contributed by atoms with E-state index in [0.717, 1.165) is 16.8 Å². The largest absolute Gasteiger partial charge is 0.420 e. The van der Waals surface area contributed by atoms with Gasteiger partial charge in [-0.1, -0.05) is 44.2 Å². The highest BCUT2D eigenvalue weighted by molar-refractivity contribution is 5.80. The van der Waals surface area contributed by atoms with Gasteiger partial charge in [-0.3, -0.25) is 9.89 Å². The van der Waals surface area contributed by atoms with Crippen LogP contribution >= 0.6 is 0 Å². The van der Waals surface area contributed by atoms with Gasteiger partial charge in [0.15, 0.2) is 5.65 Å². The van der Waals surface area contributed by atoms with Crippen LogP contribution < -0.4 is 5.56 Å². The van der Waals surface area contributed by atoms with Crippen molar-refractivity contribution in [2.24, 2.45) is 0 Å². The molecule has 7 nitrogen and oxygen atoms in total. The van der Waals surface area contributed by atoms with Crippen molar-refractivity contribution in [3.63, 3.8) is 0 Å². The molecule has 0 aliphatic rings. The van der Waals surface area contributed by atoms with Gasteiger partial charge in [0.2, 0.25) is 5.89 Å². The minimum absolute atomic E-state index is 0.0911. The van der Waals surface area contributed by atoms with Gasteiger partial charge in [-0.2, -0.15) is 0 Å². The second-order valence-electron chi connectivity index (χ2n) is 6.61. The van der Waals surface area contributed by atoms with Crippen molar-refractivity contribution in [2.75, 3.05) is 0 Å². The van der Waals surface area contributed by atoms with Crippen LogP contribution in [0.1, 0.15) is 37.0 Å². The molecule has 1 aromatic carbocycles. The van der Waals surface area contributed by atoms with E-state index in [9.17, 15) is 4.79 Å². The number of nitrogens with one attached hydrogen (secondary N) is 1. The van der Waals surface area contributed by atoms with Crippen molar-refractivity contribution < 1.29 is 4.42 Å². The maximum Gasteiger partial charge on any atom is 0.285 e. The van der Waals surface area contributed by atoms with Crippen molar-refractivity contribution in [2.45, 2.75) is 33.6 Å². The number of aryl methyl sites for hydroxylation is 2. The van der Waals surface area contributed by atoms with Crippen LogP contribution in [0.4, 0.5) is 0 Å². The molecule has 0 amide bonds. The van der Waals surface area contributed by atoms with Gasteiger partial charge in [-0.25, -0.2) is 9.50 Å². The average molecular weight is 349 g/mol. The van der Waals surface area contributed by atoms with Crippen molar-refractivity contribution >= 4 is 5.65 Å². The molecule has 0 aliphatic heterocycles. The molecule has 0 atom stereocenters. The topological polar surface area (TPSA) is 89.1 Å². The minimum Gasteiger partial charge on any atom is -0.420 e. The molecular weight excluding hydrogens is 330 g/mol. The second-order valence-corrected chi connectivity index (χ2v) is 6.61. The van der Waals surface area contributed by atoms with Crippen LogP contribution in [0.5, 0.6) is 0 Å². The number of aromatic nitrogens is 5. The quantitative estimate of drug-likeness (QED) is 0.611. The van der Waals surface area contributed by atoms with Gasteiger partial charge < -0.3 is 4.42 Å². The fraction of sp³-hybridized carbons (Fsp3) is 0.263. The van der Waals surface area contributed by atoms with Crippen LogP contribution in [0.25, 0.3) is 28.2 Å². The summed E-state index contributed by atoms with van der Waals surface area (Å²) in [5, 5.41) is 11.2. The van der Waals surface area contributed by atoms with Gasteiger partial charge in [0, 0.05) is 17.2 Å². The molecule has 3 heterocycles. The number of nitrogens with zero attached hydrogens (tertiary/aromatic N) is 4. The van der Waals surface area contributed by atoms with Gasteiger partial charge >= 0.3 is 0 Å². The zero-order chi connectivity index (χ0) is 18.4. The normalized spacial score (nSPS) is 11.6. The Kier molecular flexibility index (Phi) is 3.72. The van der Waals surface area contributed by atoms with Crippen LogP contribution in [0.2, 0.25) is 0 Å². The van der Waals surface area contributed by atoms with Crippen LogP contribution in [0.3, 0.4) is 0 Å². The van der Waals surface area contributed by atoms with Crippen molar-refractivity contribution in [1.82, 2.24) is 24.8 Å². The van der Waals surface area contributed by atoms with E-state index in [0.29, 0.717) is 22.8 Å². The zero-order valence-electron chi connectivity index (χ0n) is 15.1. The Bertz CT molecular complexity index is 1150. The van der Waals surface area contributed by atoms with E-state index in [-0.39, 0.29) is 17.4 Å². The molecule has 0 saturated carbocycles. The smallest absolute Gasteiger partial charge is 0.285 e. The monoisotopic (exact) mass is 349 g/mol. The Hall–Kier alpha value is -3.22. The molecule has 0 bridgehead atoms. The molecule has 4 aromatic rings. The predicted octanol–water partition coefficient (Wildman–Crippen LogP) is 3.48. The van der Waals surface area contributed by atoms with Crippen LogP contribution in [-0.4, -0.2) is 24.8 Å². The Morgan fingerprint density at radius 3 is 2.46 bits per heavy atom. The molecule has 0 aliphatic carbocycles. The maximum absolute atomic E-state index is 13.1. The minimum atomic E-state index is -0.253. The third kappa shape index (κ3) is 2.44. The van der Waals surface area contributed by atoms with Gasteiger partial charge in [-0.05, 0) is 19.4 Å². The van der Waals surface area contributed by atoms with Crippen LogP contribution in [0.15, 0.2) is 39.5 Å². The van der Waals surface area contributed by atoms with Crippen molar-refractivity contribution in [3.05, 3.63) is 58.0 Å². The van der Waals surface area contributed by atoms with Gasteiger partial charge in [-0.15, -0.1) is 10.2 Å². The lowest BCUT2D eigenvalue weighted by Gasteiger charge is -2.04. The Morgan fingerprint density at radius 2 is 1.81 bits per heavy atom. The van der Waals surface area contributed by atoms with E-state index in [2.05, 4.69) is 20.3 Å². The second kappa shape index (κ2) is 5.94. The van der Waals surface area contributed by atoms with E-state index in [4.69, 9.17) is 4.42 Å². The van der Waals surface area contributed by atoms with E-state index in [1.54, 1.807) is 6.92 Å². The maximum atomic E-state index is 13.1. The summed E-state index contributed by atoms with van der Waals surface area (Å²) in [5.74, 6) is 0.788. The summed E-state index contributed by atoms with van der Waals surface area (Å²) in [6, 6.07) is 9.88. The molecule has 26 heavy (non-hydrogen) atoms. The predicted molar refractivity (Wildman–Crippen MR) is 98.1 cm³/mol. The standard InChI is InChI=1S/C19H19N5O2/c1-10(2)17-21-22-18(26-17)15-11(3)20-16-14(13-8-6-5-7-9-13)12(4)23-24(16)19(15)25/h5-10,23H,1-4H3. The number of benzene rings is 1. The SMILES string of the molecule is Cc1nc2c(-c3ccccc3)c(C)[nH]n2c(=O)c1-c1nnc(C(C)C)o1. The fourth-order valence-corrected chi connectivity index (χ4v) is 3.06. The Balaban J connectivity index is 1.97. The van der Waals surface area contributed by atoms with Crippen molar-refractivity contribution in [3.8, 4) is 22.6 Å². The number of rotatable bonds is 3. The molecular formula is C19H19N5O2. The Morgan fingerprint density at radius 1 is 1.08 bits per heavy atom. The first-order chi connectivity index (χ1) is 12.5.